The predicted octanol–water partition coefficient (Wildman–Crippen LogP) is 2.74. The zero-order valence-electron chi connectivity index (χ0n) is 13.2. The highest BCUT2D eigenvalue weighted by Gasteiger charge is 2.28. The van der Waals surface area contributed by atoms with Crippen molar-refractivity contribution in [3.05, 3.63) is 35.4 Å². The van der Waals surface area contributed by atoms with E-state index in [0.717, 1.165) is 35.7 Å². The summed E-state index contributed by atoms with van der Waals surface area (Å²) >= 11 is 0. The van der Waals surface area contributed by atoms with Crippen LogP contribution < -0.4 is 10.6 Å². The average Bonchev–Trinajstić information content (AvgIpc) is 3.38. The Bertz CT molecular complexity index is 774. The molecule has 2 aromatic rings. The van der Waals surface area contributed by atoms with Crippen LogP contribution in [0.4, 0.5) is 5.82 Å². The van der Waals surface area contributed by atoms with Gasteiger partial charge in [0.1, 0.15) is 11.9 Å². The van der Waals surface area contributed by atoms with Crippen LogP contribution in [0.5, 0.6) is 0 Å². The van der Waals surface area contributed by atoms with Gasteiger partial charge >= 0.3 is 0 Å². The number of rotatable bonds is 6. The second kappa shape index (κ2) is 6.66. The van der Waals surface area contributed by atoms with Gasteiger partial charge in [-0.1, -0.05) is 12.1 Å². The minimum Gasteiger partial charge on any atom is -0.369 e. The fourth-order valence-electron chi connectivity index (χ4n) is 2.49. The van der Waals surface area contributed by atoms with Crippen molar-refractivity contribution in [2.24, 2.45) is 5.92 Å². The van der Waals surface area contributed by atoms with Crippen molar-refractivity contribution in [2.75, 3.05) is 18.4 Å². The van der Waals surface area contributed by atoms with Gasteiger partial charge in [-0.25, -0.2) is 4.98 Å². The number of aryl methyl sites for hydroxylation is 1. The van der Waals surface area contributed by atoms with Crippen LogP contribution in [-0.2, 0) is 4.79 Å². The van der Waals surface area contributed by atoms with Crippen LogP contribution in [0.2, 0.25) is 0 Å². The van der Waals surface area contributed by atoms with E-state index in [9.17, 15) is 10.1 Å². The van der Waals surface area contributed by atoms with Gasteiger partial charge in [-0.05, 0) is 43.9 Å². The van der Waals surface area contributed by atoms with E-state index >= 15 is 0 Å². The monoisotopic (exact) mass is 308 g/mol. The molecule has 1 fully saturated rings. The zero-order chi connectivity index (χ0) is 16.2. The Kier molecular flexibility index (Phi) is 4.42. The summed E-state index contributed by atoms with van der Waals surface area (Å²) in [7, 11) is 0. The second-order valence-corrected chi connectivity index (χ2v) is 6.04. The SMILES string of the molecule is Cc1ccc2cc(C#N)c(NCCCNC(=O)C3CC3)nc2c1. The summed E-state index contributed by atoms with van der Waals surface area (Å²) < 4.78 is 0. The number of hydrogen-bond acceptors (Lipinski definition) is 4. The number of carbonyl (C=O) groups excluding carboxylic acids is 1. The molecule has 0 radical (unpaired) electrons. The summed E-state index contributed by atoms with van der Waals surface area (Å²) in [6.45, 7) is 3.34. The maximum Gasteiger partial charge on any atom is 0.223 e. The van der Waals surface area contributed by atoms with Crippen molar-refractivity contribution in [1.29, 1.82) is 5.26 Å². The van der Waals surface area contributed by atoms with E-state index in [1.165, 1.54) is 0 Å². The van der Waals surface area contributed by atoms with Crippen molar-refractivity contribution < 1.29 is 4.79 Å². The Morgan fingerprint density at radius 3 is 2.91 bits per heavy atom. The molecule has 23 heavy (non-hydrogen) atoms. The number of aromatic nitrogens is 1. The lowest BCUT2D eigenvalue weighted by molar-refractivity contribution is -0.122. The molecule has 3 rings (SSSR count). The molecular weight excluding hydrogens is 288 g/mol. The van der Waals surface area contributed by atoms with Crippen molar-refractivity contribution in [3.63, 3.8) is 0 Å². The van der Waals surface area contributed by atoms with Gasteiger partial charge in [-0.3, -0.25) is 4.79 Å². The Morgan fingerprint density at radius 2 is 2.17 bits per heavy atom. The molecule has 1 amide bonds. The molecule has 1 aromatic carbocycles. The summed E-state index contributed by atoms with van der Waals surface area (Å²) in [6, 6.07) is 10.1. The molecule has 2 N–H and O–H groups in total. The zero-order valence-corrected chi connectivity index (χ0v) is 13.2. The molecule has 5 heteroatoms. The van der Waals surface area contributed by atoms with E-state index in [-0.39, 0.29) is 11.8 Å². The number of nitrogens with one attached hydrogen (secondary N) is 2. The lowest BCUT2D eigenvalue weighted by atomic mass is 10.1. The van der Waals surface area contributed by atoms with Crippen LogP contribution in [0, 0.1) is 24.2 Å². The number of nitriles is 1. The fourth-order valence-corrected chi connectivity index (χ4v) is 2.49. The molecule has 1 aliphatic carbocycles. The first-order chi connectivity index (χ1) is 11.2. The van der Waals surface area contributed by atoms with Gasteiger partial charge in [0.2, 0.25) is 5.91 Å². The second-order valence-electron chi connectivity index (χ2n) is 6.04. The van der Waals surface area contributed by atoms with Crippen LogP contribution >= 0.6 is 0 Å². The minimum absolute atomic E-state index is 0.169. The van der Waals surface area contributed by atoms with E-state index in [0.29, 0.717) is 24.5 Å². The van der Waals surface area contributed by atoms with E-state index in [1.807, 2.05) is 31.2 Å². The number of hydrogen-bond donors (Lipinski definition) is 2. The summed E-state index contributed by atoms with van der Waals surface area (Å²) in [4.78, 5) is 16.1. The van der Waals surface area contributed by atoms with Crippen LogP contribution in [0.3, 0.4) is 0 Å². The predicted molar refractivity (Wildman–Crippen MR) is 90.0 cm³/mol. The van der Waals surface area contributed by atoms with Gasteiger partial charge in [0, 0.05) is 24.4 Å². The molecule has 1 heterocycles. The maximum absolute atomic E-state index is 11.5. The largest absolute Gasteiger partial charge is 0.369 e. The number of carbonyl (C=O) groups is 1. The van der Waals surface area contributed by atoms with Gasteiger partial charge in [-0.2, -0.15) is 5.26 Å². The maximum atomic E-state index is 11.5. The van der Waals surface area contributed by atoms with Gasteiger partial charge in [0.15, 0.2) is 0 Å². The van der Waals surface area contributed by atoms with E-state index in [2.05, 4.69) is 21.7 Å². The van der Waals surface area contributed by atoms with Gasteiger partial charge in [0.05, 0.1) is 11.1 Å². The number of pyridine rings is 1. The van der Waals surface area contributed by atoms with Crippen molar-refractivity contribution in [3.8, 4) is 6.07 Å². The molecule has 0 saturated heterocycles. The minimum atomic E-state index is 0.169. The van der Waals surface area contributed by atoms with Crippen LogP contribution in [0.25, 0.3) is 10.9 Å². The molecule has 0 spiro atoms. The molecular formula is C18H20N4O. The molecule has 0 atom stereocenters. The van der Waals surface area contributed by atoms with Gasteiger partial charge < -0.3 is 10.6 Å². The summed E-state index contributed by atoms with van der Waals surface area (Å²) in [5, 5.41) is 16.4. The molecule has 118 valence electrons. The molecule has 0 aliphatic heterocycles. The topological polar surface area (TPSA) is 77.8 Å². The normalized spacial score (nSPS) is 13.6. The molecule has 1 aromatic heterocycles. The third-order valence-corrected chi connectivity index (χ3v) is 3.99. The molecule has 0 unspecified atom stereocenters. The van der Waals surface area contributed by atoms with Crippen LogP contribution in [-0.4, -0.2) is 24.0 Å². The molecule has 1 aliphatic rings. The molecule has 0 bridgehead atoms. The van der Waals surface area contributed by atoms with Crippen LogP contribution in [0.1, 0.15) is 30.4 Å². The smallest absolute Gasteiger partial charge is 0.223 e. The number of anilines is 1. The van der Waals surface area contributed by atoms with Gasteiger partial charge in [-0.15, -0.1) is 0 Å². The number of fused-ring (bicyclic) bond motifs is 1. The van der Waals surface area contributed by atoms with E-state index in [1.54, 1.807) is 0 Å². The first kappa shape index (κ1) is 15.3. The van der Waals surface area contributed by atoms with Gasteiger partial charge in [0.25, 0.3) is 0 Å². The lowest BCUT2D eigenvalue weighted by Crippen LogP contribution is -2.27. The quantitative estimate of drug-likeness (QED) is 0.804. The first-order valence-electron chi connectivity index (χ1n) is 8.00. The highest BCUT2D eigenvalue weighted by atomic mass is 16.2. The van der Waals surface area contributed by atoms with Crippen molar-refractivity contribution in [1.82, 2.24) is 10.3 Å². The summed E-state index contributed by atoms with van der Waals surface area (Å²) in [5.74, 6) is 1.03. The summed E-state index contributed by atoms with van der Waals surface area (Å²) in [5.41, 5.74) is 2.57. The van der Waals surface area contributed by atoms with Crippen molar-refractivity contribution >= 4 is 22.6 Å². The Morgan fingerprint density at radius 1 is 1.35 bits per heavy atom. The Labute approximate surface area is 135 Å². The summed E-state index contributed by atoms with van der Waals surface area (Å²) in [6.07, 6.45) is 2.85. The Hall–Kier alpha value is -2.61. The Balaban J connectivity index is 1.59. The lowest BCUT2D eigenvalue weighted by Gasteiger charge is -2.10. The highest BCUT2D eigenvalue weighted by Crippen LogP contribution is 2.28. The number of amides is 1. The first-order valence-corrected chi connectivity index (χ1v) is 8.00. The van der Waals surface area contributed by atoms with E-state index < -0.39 is 0 Å². The van der Waals surface area contributed by atoms with Crippen LogP contribution in [0.15, 0.2) is 24.3 Å². The number of nitrogens with zero attached hydrogens (tertiary/aromatic N) is 2. The third kappa shape index (κ3) is 3.78. The average molecular weight is 308 g/mol. The molecule has 1 saturated carbocycles. The highest BCUT2D eigenvalue weighted by molar-refractivity contribution is 5.83. The fraction of sp³-hybridized carbons (Fsp3) is 0.389. The third-order valence-electron chi connectivity index (χ3n) is 3.99. The van der Waals surface area contributed by atoms with E-state index in [4.69, 9.17) is 0 Å². The molecule has 5 nitrogen and oxygen atoms in total. The van der Waals surface area contributed by atoms with Crippen molar-refractivity contribution in [2.45, 2.75) is 26.2 Å². The standard InChI is InChI=1S/C18H20N4O/c1-12-3-4-14-10-15(11-19)17(22-16(14)9-12)20-7-2-8-21-18(23)13-5-6-13/h3-4,9-10,13H,2,5-8H2,1H3,(H,20,22)(H,21,23). The number of benzene rings is 1.